The predicted octanol–water partition coefficient (Wildman–Crippen LogP) is 2.48. The van der Waals surface area contributed by atoms with E-state index < -0.39 is 11.6 Å². The lowest BCUT2D eigenvalue weighted by molar-refractivity contribution is -0.0118. The normalized spacial score (nSPS) is 27.4. The van der Waals surface area contributed by atoms with Gasteiger partial charge < -0.3 is 15.5 Å². The Balaban J connectivity index is 1.80. The Bertz CT molecular complexity index is 446. The number of hydrogen-bond donors (Lipinski definition) is 3. The van der Waals surface area contributed by atoms with Crippen LogP contribution in [-0.4, -0.2) is 28.3 Å². The van der Waals surface area contributed by atoms with E-state index in [1.165, 1.54) is 17.8 Å². The Morgan fingerprint density at radius 1 is 1.58 bits per heavy atom. The van der Waals surface area contributed by atoms with Crippen molar-refractivity contribution in [3.63, 3.8) is 0 Å². The van der Waals surface area contributed by atoms with Crippen LogP contribution in [0.2, 0.25) is 0 Å². The molecule has 1 aromatic rings. The summed E-state index contributed by atoms with van der Waals surface area (Å²) in [6.45, 7) is 3.38. The maximum Gasteiger partial charge on any atom is 0.345 e. The number of carboxylic acids is 1. The van der Waals surface area contributed by atoms with Gasteiger partial charge in [-0.2, -0.15) is 0 Å². The SMILES string of the molecule is CC1CCCC(O)(CNCc2ccc(C(=O)O)s2)C1. The summed E-state index contributed by atoms with van der Waals surface area (Å²) in [5, 5.41) is 22.6. The van der Waals surface area contributed by atoms with Gasteiger partial charge in [0.1, 0.15) is 4.88 Å². The lowest BCUT2D eigenvalue weighted by Crippen LogP contribution is -2.43. The molecule has 106 valence electrons. The van der Waals surface area contributed by atoms with Crippen molar-refractivity contribution in [2.45, 2.75) is 44.8 Å². The van der Waals surface area contributed by atoms with Crippen LogP contribution in [0.4, 0.5) is 0 Å². The summed E-state index contributed by atoms with van der Waals surface area (Å²) in [5.41, 5.74) is -0.593. The monoisotopic (exact) mass is 283 g/mol. The Labute approximate surface area is 117 Å². The van der Waals surface area contributed by atoms with Crippen LogP contribution >= 0.6 is 11.3 Å². The standard InChI is InChI=1S/C14H21NO3S/c1-10-3-2-6-14(18,7-10)9-15-8-11-4-5-12(19-11)13(16)17/h4-5,10,15,18H,2-3,6-9H2,1H3,(H,16,17). The van der Waals surface area contributed by atoms with Crippen LogP contribution in [0.25, 0.3) is 0 Å². The van der Waals surface area contributed by atoms with Gasteiger partial charge in [-0.3, -0.25) is 0 Å². The molecule has 19 heavy (non-hydrogen) atoms. The summed E-state index contributed by atoms with van der Waals surface area (Å²) < 4.78 is 0. The van der Waals surface area contributed by atoms with Crippen molar-refractivity contribution in [1.29, 1.82) is 0 Å². The minimum atomic E-state index is -0.879. The summed E-state index contributed by atoms with van der Waals surface area (Å²) in [4.78, 5) is 12.1. The Morgan fingerprint density at radius 3 is 3.00 bits per heavy atom. The molecule has 1 saturated carbocycles. The highest BCUT2D eigenvalue weighted by atomic mass is 32.1. The first-order chi connectivity index (χ1) is 8.98. The number of thiophene rings is 1. The molecule has 3 N–H and O–H groups in total. The average Bonchev–Trinajstić information content (AvgIpc) is 2.77. The molecule has 0 amide bonds. The molecule has 1 aromatic heterocycles. The summed E-state index contributed by atoms with van der Waals surface area (Å²) in [6.07, 6.45) is 4.00. The summed E-state index contributed by atoms with van der Waals surface area (Å²) in [7, 11) is 0. The molecule has 0 saturated heterocycles. The van der Waals surface area contributed by atoms with E-state index in [0.717, 1.165) is 24.1 Å². The molecule has 2 rings (SSSR count). The van der Waals surface area contributed by atoms with E-state index in [0.29, 0.717) is 23.9 Å². The minimum absolute atomic E-state index is 0.363. The van der Waals surface area contributed by atoms with Crippen molar-refractivity contribution in [1.82, 2.24) is 5.32 Å². The fourth-order valence-electron chi connectivity index (χ4n) is 2.80. The second-order valence-electron chi connectivity index (χ2n) is 5.60. The minimum Gasteiger partial charge on any atom is -0.477 e. The number of nitrogens with one attached hydrogen (secondary N) is 1. The first-order valence-electron chi connectivity index (χ1n) is 6.74. The van der Waals surface area contributed by atoms with Gasteiger partial charge in [0.2, 0.25) is 0 Å². The second kappa shape index (κ2) is 6.03. The number of aromatic carboxylic acids is 1. The number of carboxylic acid groups (broad SMARTS) is 1. The van der Waals surface area contributed by atoms with E-state index in [9.17, 15) is 9.90 Å². The van der Waals surface area contributed by atoms with Crippen LogP contribution in [0.15, 0.2) is 12.1 Å². The van der Waals surface area contributed by atoms with Crippen molar-refractivity contribution >= 4 is 17.3 Å². The van der Waals surface area contributed by atoms with Gasteiger partial charge in [-0.05, 0) is 30.9 Å². The highest BCUT2D eigenvalue weighted by Crippen LogP contribution is 2.31. The third kappa shape index (κ3) is 4.03. The van der Waals surface area contributed by atoms with Crippen molar-refractivity contribution in [2.24, 2.45) is 5.92 Å². The maximum atomic E-state index is 10.8. The Kier molecular flexibility index (Phi) is 4.60. The van der Waals surface area contributed by atoms with E-state index in [2.05, 4.69) is 12.2 Å². The molecule has 2 unspecified atom stereocenters. The molecule has 1 heterocycles. The molecule has 0 aliphatic heterocycles. The van der Waals surface area contributed by atoms with Crippen molar-refractivity contribution < 1.29 is 15.0 Å². The van der Waals surface area contributed by atoms with E-state index in [4.69, 9.17) is 5.11 Å². The molecule has 2 atom stereocenters. The molecule has 0 spiro atoms. The van der Waals surface area contributed by atoms with Crippen molar-refractivity contribution in [3.05, 3.63) is 21.9 Å². The third-order valence-corrected chi connectivity index (χ3v) is 4.77. The quantitative estimate of drug-likeness (QED) is 0.776. The van der Waals surface area contributed by atoms with Gasteiger partial charge in [-0.1, -0.05) is 19.8 Å². The summed E-state index contributed by atoms with van der Waals surface area (Å²) >= 11 is 1.28. The molecule has 0 bridgehead atoms. The lowest BCUT2D eigenvalue weighted by atomic mass is 9.79. The number of aliphatic hydroxyl groups is 1. The van der Waals surface area contributed by atoms with Gasteiger partial charge in [0.05, 0.1) is 5.60 Å². The smallest absolute Gasteiger partial charge is 0.345 e. The maximum absolute atomic E-state index is 10.8. The van der Waals surface area contributed by atoms with Crippen LogP contribution in [-0.2, 0) is 6.54 Å². The van der Waals surface area contributed by atoms with Crippen LogP contribution in [0.1, 0.15) is 47.2 Å². The molecular weight excluding hydrogens is 262 g/mol. The van der Waals surface area contributed by atoms with E-state index in [-0.39, 0.29) is 0 Å². The zero-order valence-electron chi connectivity index (χ0n) is 11.2. The first kappa shape index (κ1) is 14.5. The number of rotatable bonds is 5. The summed E-state index contributed by atoms with van der Waals surface area (Å²) in [5.74, 6) is -0.295. The molecule has 0 aromatic carbocycles. The molecular formula is C14H21NO3S. The van der Waals surface area contributed by atoms with Crippen molar-refractivity contribution in [3.8, 4) is 0 Å². The van der Waals surface area contributed by atoms with Crippen LogP contribution in [0.3, 0.4) is 0 Å². The number of carbonyl (C=O) groups is 1. The lowest BCUT2D eigenvalue weighted by Gasteiger charge is -2.35. The Hall–Kier alpha value is -0.910. The van der Waals surface area contributed by atoms with E-state index in [1.54, 1.807) is 6.07 Å². The molecule has 1 aliphatic rings. The number of hydrogen-bond acceptors (Lipinski definition) is 4. The highest BCUT2D eigenvalue weighted by Gasteiger charge is 2.31. The van der Waals surface area contributed by atoms with Gasteiger partial charge in [-0.15, -0.1) is 11.3 Å². The van der Waals surface area contributed by atoms with Gasteiger partial charge in [0.25, 0.3) is 0 Å². The third-order valence-electron chi connectivity index (χ3n) is 3.69. The van der Waals surface area contributed by atoms with Gasteiger partial charge in [-0.25, -0.2) is 4.79 Å². The molecule has 1 aliphatic carbocycles. The molecule has 4 nitrogen and oxygen atoms in total. The fourth-order valence-corrected chi connectivity index (χ4v) is 3.62. The first-order valence-corrected chi connectivity index (χ1v) is 7.55. The van der Waals surface area contributed by atoms with Crippen LogP contribution in [0, 0.1) is 5.92 Å². The van der Waals surface area contributed by atoms with E-state index in [1.807, 2.05) is 6.07 Å². The fraction of sp³-hybridized carbons (Fsp3) is 0.643. The van der Waals surface area contributed by atoms with E-state index >= 15 is 0 Å². The predicted molar refractivity (Wildman–Crippen MR) is 75.6 cm³/mol. The zero-order valence-corrected chi connectivity index (χ0v) is 12.0. The largest absolute Gasteiger partial charge is 0.477 e. The summed E-state index contributed by atoms with van der Waals surface area (Å²) in [6, 6.07) is 3.45. The van der Waals surface area contributed by atoms with Crippen LogP contribution in [0.5, 0.6) is 0 Å². The molecule has 5 heteroatoms. The average molecular weight is 283 g/mol. The Morgan fingerprint density at radius 2 is 2.37 bits per heavy atom. The zero-order chi connectivity index (χ0) is 13.9. The van der Waals surface area contributed by atoms with Crippen molar-refractivity contribution in [2.75, 3.05) is 6.54 Å². The molecule has 0 radical (unpaired) electrons. The van der Waals surface area contributed by atoms with Gasteiger partial charge in [0.15, 0.2) is 0 Å². The highest BCUT2D eigenvalue weighted by molar-refractivity contribution is 7.13. The second-order valence-corrected chi connectivity index (χ2v) is 6.77. The van der Waals surface area contributed by atoms with Crippen LogP contribution < -0.4 is 5.32 Å². The molecule has 1 fully saturated rings. The topological polar surface area (TPSA) is 69.6 Å². The van der Waals surface area contributed by atoms with Gasteiger partial charge in [0, 0.05) is 18.0 Å². The van der Waals surface area contributed by atoms with Gasteiger partial charge >= 0.3 is 5.97 Å².